The average Bonchev–Trinajstić information content (AvgIpc) is 2.26. The molecule has 0 aliphatic rings. The Hall–Kier alpha value is -0.590. The van der Waals surface area contributed by atoms with Crippen molar-refractivity contribution >= 4 is 26.6 Å². The van der Waals surface area contributed by atoms with E-state index in [-0.39, 0.29) is 34.5 Å². The van der Waals surface area contributed by atoms with Crippen LogP contribution in [0.3, 0.4) is 0 Å². The zero-order chi connectivity index (χ0) is 12.6. The molecule has 0 radical (unpaired) electrons. The van der Waals surface area contributed by atoms with Crippen LogP contribution in [0, 0.1) is 0 Å². The first-order valence-electron chi connectivity index (χ1n) is 5.06. The molecule has 0 atom stereocenters. The van der Waals surface area contributed by atoms with Crippen molar-refractivity contribution in [2.24, 2.45) is 0 Å². The maximum Gasteiger partial charge on any atom is 1.00 e. The van der Waals surface area contributed by atoms with Gasteiger partial charge in [0.2, 0.25) is 0 Å². The SMILES string of the molecule is CN(C)c1cccc2c(S(=O)(=O)[O-])cccc12.[Na+]. The number of benzene rings is 2. The standard InChI is InChI=1S/C12H13NO3S.Na/c1-13(2)11-7-3-6-10-9(11)5-4-8-12(10)17(14,15)16;/h3-8H,1-2H3,(H,14,15,16);/q;+1/p-1. The third kappa shape index (κ3) is 2.87. The topological polar surface area (TPSA) is 60.4 Å². The third-order valence-corrected chi connectivity index (χ3v) is 3.50. The summed E-state index contributed by atoms with van der Waals surface area (Å²) in [5.74, 6) is 0. The minimum absolute atomic E-state index is 0. The van der Waals surface area contributed by atoms with E-state index < -0.39 is 10.1 Å². The first kappa shape index (κ1) is 15.5. The van der Waals surface area contributed by atoms with Gasteiger partial charge in [0.15, 0.2) is 0 Å². The molecular weight excluding hydrogens is 261 g/mol. The van der Waals surface area contributed by atoms with Crippen LogP contribution in [-0.2, 0) is 10.1 Å². The van der Waals surface area contributed by atoms with Crippen LogP contribution in [0.4, 0.5) is 5.69 Å². The van der Waals surface area contributed by atoms with Gasteiger partial charge in [0, 0.05) is 30.6 Å². The van der Waals surface area contributed by atoms with Crippen molar-refractivity contribution in [1.82, 2.24) is 0 Å². The van der Waals surface area contributed by atoms with E-state index in [0.29, 0.717) is 5.39 Å². The largest absolute Gasteiger partial charge is 1.00 e. The summed E-state index contributed by atoms with van der Waals surface area (Å²) in [4.78, 5) is 1.71. The van der Waals surface area contributed by atoms with Gasteiger partial charge >= 0.3 is 29.6 Å². The van der Waals surface area contributed by atoms with Crippen LogP contribution in [0.15, 0.2) is 41.3 Å². The predicted molar refractivity (Wildman–Crippen MR) is 66.2 cm³/mol. The van der Waals surface area contributed by atoms with Gasteiger partial charge < -0.3 is 9.45 Å². The molecule has 0 N–H and O–H groups in total. The predicted octanol–water partition coefficient (Wildman–Crippen LogP) is -1.19. The molecule has 6 heteroatoms. The summed E-state index contributed by atoms with van der Waals surface area (Å²) < 4.78 is 33.5. The van der Waals surface area contributed by atoms with Gasteiger partial charge in [-0.3, -0.25) is 0 Å². The Morgan fingerprint density at radius 1 is 1.00 bits per heavy atom. The van der Waals surface area contributed by atoms with Crippen molar-refractivity contribution in [3.05, 3.63) is 36.4 Å². The van der Waals surface area contributed by atoms with Crippen molar-refractivity contribution in [2.75, 3.05) is 19.0 Å². The molecule has 2 rings (SSSR count). The zero-order valence-electron chi connectivity index (χ0n) is 10.5. The van der Waals surface area contributed by atoms with Crippen molar-refractivity contribution in [3.8, 4) is 0 Å². The second-order valence-electron chi connectivity index (χ2n) is 3.98. The minimum atomic E-state index is -4.44. The Kier molecular flexibility index (Phi) is 4.80. The molecule has 90 valence electrons. The summed E-state index contributed by atoms with van der Waals surface area (Å²) in [5, 5.41) is 1.23. The summed E-state index contributed by atoms with van der Waals surface area (Å²) in [7, 11) is -0.704. The van der Waals surface area contributed by atoms with E-state index in [2.05, 4.69) is 0 Å². The molecule has 0 fully saturated rings. The van der Waals surface area contributed by atoms with E-state index in [1.165, 1.54) is 6.07 Å². The van der Waals surface area contributed by atoms with Crippen molar-refractivity contribution in [2.45, 2.75) is 4.90 Å². The van der Waals surface area contributed by atoms with Crippen LogP contribution in [0.25, 0.3) is 10.8 Å². The normalized spacial score (nSPS) is 11.1. The van der Waals surface area contributed by atoms with Gasteiger partial charge in [0.1, 0.15) is 10.1 Å². The molecule has 0 saturated heterocycles. The summed E-state index contributed by atoms with van der Waals surface area (Å²) >= 11 is 0. The second kappa shape index (κ2) is 5.59. The van der Waals surface area contributed by atoms with Crippen LogP contribution < -0.4 is 34.5 Å². The Morgan fingerprint density at radius 3 is 2.11 bits per heavy atom. The van der Waals surface area contributed by atoms with E-state index in [1.807, 2.05) is 25.1 Å². The number of nitrogens with zero attached hydrogens (tertiary/aromatic N) is 1. The fourth-order valence-corrected chi connectivity index (χ4v) is 2.57. The quantitative estimate of drug-likeness (QED) is 0.510. The molecule has 0 bridgehead atoms. The van der Waals surface area contributed by atoms with E-state index in [4.69, 9.17) is 0 Å². The fraction of sp³-hybridized carbons (Fsp3) is 0.167. The summed E-state index contributed by atoms with van der Waals surface area (Å²) in [6.07, 6.45) is 0. The summed E-state index contributed by atoms with van der Waals surface area (Å²) in [5.41, 5.74) is 0.882. The average molecular weight is 273 g/mol. The van der Waals surface area contributed by atoms with E-state index in [9.17, 15) is 13.0 Å². The van der Waals surface area contributed by atoms with Crippen LogP contribution in [0.1, 0.15) is 0 Å². The first-order valence-corrected chi connectivity index (χ1v) is 6.47. The number of hydrogen-bond donors (Lipinski definition) is 0. The molecular formula is C12H12NNaO3S. The maximum atomic E-state index is 11.2. The fourth-order valence-electron chi connectivity index (χ4n) is 1.87. The number of hydrogen-bond acceptors (Lipinski definition) is 4. The monoisotopic (exact) mass is 273 g/mol. The van der Waals surface area contributed by atoms with Crippen molar-refractivity contribution in [1.29, 1.82) is 0 Å². The molecule has 0 aliphatic carbocycles. The Bertz CT molecular complexity index is 668. The first-order chi connectivity index (χ1) is 7.91. The second-order valence-corrected chi connectivity index (χ2v) is 5.33. The number of anilines is 1. The molecule has 0 saturated carbocycles. The molecule has 0 heterocycles. The van der Waals surface area contributed by atoms with Gasteiger partial charge in [-0.15, -0.1) is 0 Å². The van der Waals surface area contributed by atoms with Gasteiger partial charge in [-0.1, -0.05) is 24.3 Å². The van der Waals surface area contributed by atoms with Crippen molar-refractivity contribution < 1.29 is 42.5 Å². The van der Waals surface area contributed by atoms with Gasteiger partial charge in [-0.25, -0.2) is 8.42 Å². The minimum Gasteiger partial charge on any atom is -0.744 e. The molecule has 2 aromatic rings. The van der Waals surface area contributed by atoms with Crippen LogP contribution in [0.5, 0.6) is 0 Å². The molecule has 0 aliphatic heterocycles. The molecule has 2 aromatic carbocycles. The van der Waals surface area contributed by atoms with Crippen molar-refractivity contribution in [3.63, 3.8) is 0 Å². The molecule has 4 nitrogen and oxygen atoms in total. The van der Waals surface area contributed by atoms with Crippen LogP contribution in [-0.4, -0.2) is 27.1 Å². The Balaban J connectivity index is 0.00000162. The van der Waals surface area contributed by atoms with Gasteiger partial charge in [0.25, 0.3) is 0 Å². The van der Waals surface area contributed by atoms with E-state index in [1.54, 1.807) is 24.3 Å². The third-order valence-electron chi connectivity index (χ3n) is 2.61. The number of rotatable bonds is 2. The Labute approximate surface area is 129 Å². The smallest absolute Gasteiger partial charge is 0.744 e. The number of fused-ring (bicyclic) bond motifs is 1. The summed E-state index contributed by atoms with van der Waals surface area (Å²) in [6.45, 7) is 0. The van der Waals surface area contributed by atoms with Gasteiger partial charge in [-0.05, 0) is 12.1 Å². The van der Waals surface area contributed by atoms with E-state index >= 15 is 0 Å². The molecule has 18 heavy (non-hydrogen) atoms. The van der Waals surface area contributed by atoms with Gasteiger partial charge in [0.05, 0.1) is 4.90 Å². The molecule has 0 aromatic heterocycles. The van der Waals surface area contributed by atoms with Gasteiger partial charge in [-0.2, -0.15) is 0 Å². The molecule has 0 amide bonds. The molecule has 0 unspecified atom stereocenters. The Morgan fingerprint density at radius 2 is 1.56 bits per heavy atom. The molecule has 0 spiro atoms. The maximum absolute atomic E-state index is 11.2. The van der Waals surface area contributed by atoms with E-state index in [0.717, 1.165) is 11.1 Å². The van der Waals surface area contributed by atoms with Crippen LogP contribution in [0.2, 0.25) is 0 Å². The zero-order valence-corrected chi connectivity index (χ0v) is 13.4. The summed E-state index contributed by atoms with van der Waals surface area (Å²) in [6, 6.07) is 9.99. The van der Waals surface area contributed by atoms with Crippen LogP contribution >= 0.6 is 0 Å².